The van der Waals surface area contributed by atoms with Crippen molar-refractivity contribution in [2.75, 3.05) is 45.7 Å². The van der Waals surface area contributed by atoms with Crippen molar-refractivity contribution in [2.24, 2.45) is 4.99 Å². The van der Waals surface area contributed by atoms with Crippen molar-refractivity contribution in [1.82, 2.24) is 20.5 Å². The van der Waals surface area contributed by atoms with Gasteiger partial charge in [-0.3, -0.25) is 4.99 Å². The smallest absolute Gasteiger partial charge is 0.191 e. The summed E-state index contributed by atoms with van der Waals surface area (Å²) in [6.45, 7) is 6.42. The van der Waals surface area contributed by atoms with E-state index >= 15 is 0 Å². The predicted octanol–water partition coefficient (Wildman–Crippen LogP) is 2.08. The third kappa shape index (κ3) is 6.20. The number of rotatable bonds is 7. The quantitative estimate of drug-likeness (QED) is 0.450. The molecule has 1 aromatic heterocycles. The Morgan fingerprint density at radius 1 is 1.36 bits per heavy atom. The minimum absolute atomic E-state index is 0.712. The zero-order chi connectivity index (χ0) is 18.1. The monoisotopic (exact) mass is 346 g/mol. The van der Waals surface area contributed by atoms with Crippen molar-refractivity contribution in [1.29, 1.82) is 0 Å². The maximum absolute atomic E-state index is 4.44. The lowest BCUT2D eigenvalue weighted by molar-refractivity contribution is 0.159. The minimum Gasteiger partial charge on any atom is -0.362 e. The summed E-state index contributed by atoms with van der Waals surface area (Å²) in [5, 5.41) is 6.81. The van der Waals surface area contributed by atoms with E-state index in [1.54, 1.807) is 0 Å². The first-order valence-corrected chi connectivity index (χ1v) is 9.41. The lowest BCUT2D eigenvalue weighted by Gasteiger charge is -2.33. The summed E-state index contributed by atoms with van der Waals surface area (Å²) in [6, 6.07) is 4.81. The van der Waals surface area contributed by atoms with Gasteiger partial charge < -0.3 is 20.4 Å². The van der Waals surface area contributed by atoms with E-state index < -0.39 is 0 Å². The van der Waals surface area contributed by atoms with Gasteiger partial charge >= 0.3 is 0 Å². The summed E-state index contributed by atoms with van der Waals surface area (Å²) < 4.78 is 0. The molecule has 0 saturated carbocycles. The summed E-state index contributed by atoms with van der Waals surface area (Å²) in [5.41, 5.74) is 1.16. The molecule has 0 aromatic carbocycles. The minimum atomic E-state index is 0.712. The highest BCUT2D eigenvalue weighted by atomic mass is 15.2. The molecule has 2 rings (SSSR count). The van der Waals surface area contributed by atoms with Gasteiger partial charge in [0, 0.05) is 58.6 Å². The molecular weight excluding hydrogens is 312 g/mol. The normalized spacial score (nSPS) is 18.9. The molecule has 2 N–H and O–H groups in total. The van der Waals surface area contributed by atoms with Gasteiger partial charge in [0.1, 0.15) is 5.82 Å². The van der Waals surface area contributed by atoms with Crippen LogP contribution in [0.3, 0.4) is 0 Å². The van der Waals surface area contributed by atoms with Crippen molar-refractivity contribution >= 4 is 11.8 Å². The van der Waals surface area contributed by atoms with Crippen molar-refractivity contribution in [2.45, 2.75) is 45.2 Å². The van der Waals surface area contributed by atoms with Gasteiger partial charge in [-0.15, -0.1) is 0 Å². The fourth-order valence-electron chi connectivity index (χ4n) is 3.35. The SMILES string of the molecule is CN=C(NCCCN1CCCCC1C)NCc1cccnc1N(C)C. The second kappa shape index (κ2) is 10.2. The third-order valence-electron chi connectivity index (χ3n) is 4.82. The van der Waals surface area contributed by atoms with Gasteiger partial charge in [-0.1, -0.05) is 12.5 Å². The third-order valence-corrected chi connectivity index (χ3v) is 4.82. The van der Waals surface area contributed by atoms with E-state index in [1.807, 2.05) is 38.3 Å². The van der Waals surface area contributed by atoms with Gasteiger partial charge in [-0.2, -0.15) is 0 Å². The number of hydrogen-bond donors (Lipinski definition) is 2. The molecule has 6 nitrogen and oxygen atoms in total. The van der Waals surface area contributed by atoms with Crippen LogP contribution in [0.5, 0.6) is 0 Å². The largest absolute Gasteiger partial charge is 0.362 e. The topological polar surface area (TPSA) is 55.8 Å². The lowest BCUT2D eigenvalue weighted by Crippen LogP contribution is -2.41. The van der Waals surface area contributed by atoms with Crippen LogP contribution in [0.4, 0.5) is 5.82 Å². The molecule has 1 aliphatic heterocycles. The Hall–Kier alpha value is -1.82. The Morgan fingerprint density at radius 2 is 2.20 bits per heavy atom. The van der Waals surface area contributed by atoms with Crippen LogP contribution >= 0.6 is 0 Å². The molecule has 25 heavy (non-hydrogen) atoms. The van der Waals surface area contributed by atoms with E-state index in [9.17, 15) is 0 Å². The van der Waals surface area contributed by atoms with Crippen LogP contribution in [0, 0.1) is 0 Å². The van der Waals surface area contributed by atoms with Crippen LogP contribution in [0.2, 0.25) is 0 Å². The Kier molecular flexibility index (Phi) is 7.98. The molecule has 2 heterocycles. The molecule has 1 aliphatic rings. The molecule has 0 amide bonds. The number of nitrogens with zero attached hydrogens (tertiary/aromatic N) is 4. The number of anilines is 1. The Bertz CT molecular complexity index is 542. The van der Waals surface area contributed by atoms with Crippen molar-refractivity contribution in [3.8, 4) is 0 Å². The Balaban J connectivity index is 1.72. The molecule has 140 valence electrons. The van der Waals surface area contributed by atoms with Crippen LogP contribution in [0.15, 0.2) is 23.3 Å². The summed E-state index contributed by atoms with van der Waals surface area (Å²) in [7, 11) is 5.85. The molecule has 1 unspecified atom stereocenters. The highest BCUT2D eigenvalue weighted by Gasteiger charge is 2.17. The Morgan fingerprint density at radius 3 is 2.92 bits per heavy atom. The van der Waals surface area contributed by atoms with Gasteiger partial charge in [0.15, 0.2) is 5.96 Å². The fourth-order valence-corrected chi connectivity index (χ4v) is 3.35. The van der Waals surface area contributed by atoms with E-state index in [0.717, 1.165) is 36.3 Å². The van der Waals surface area contributed by atoms with Crippen molar-refractivity contribution in [3.63, 3.8) is 0 Å². The first kappa shape index (κ1) is 19.5. The standard InChI is InChI=1S/C19H34N6/c1-16-9-5-6-13-25(16)14-8-12-22-19(20-2)23-15-17-10-7-11-21-18(17)24(3)4/h7,10-11,16H,5-6,8-9,12-15H2,1-4H3,(H2,20,22,23). The van der Waals surface area contributed by atoms with Gasteiger partial charge in [0.2, 0.25) is 0 Å². The Labute approximate surface area is 152 Å². The second-order valence-electron chi connectivity index (χ2n) is 6.97. The van der Waals surface area contributed by atoms with E-state index in [1.165, 1.54) is 32.4 Å². The molecule has 6 heteroatoms. The van der Waals surface area contributed by atoms with E-state index in [-0.39, 0.29) is 0 Å². The molecule has 0 radical (unpaired) electrons. The number of nitrogens with one attached hydrogen (secondary N) is 2. The van der Waals surface area contributed by atoms with Crippen LogP contribution in [-0.4, -0.2) is 62.7 Å². The predicted molar refractivity (Wildman–Crippen MR) is 106 cm³/mol. The number of piperidine rings is 1. The zero-order valence-electron chi connectivity index (χ0n) is 16.3. The number of hydrogen-bond acceptors (Lipinski definition) is 4. The molecule has 0 bridgehead atoms. The van der Waals surface area contributed by atoms with E-state index in [0.29, 0.717) is 6.54 Å². The summed E-state index contributed by atoms with van der Waals surface area (Å²) >= 11 is 0. The number of pyridine rings is 1. The van der Waals surface area contributed by atoms with Gasteiger partial charge in [0.05, 0.1) is 0 Å². The summed E-state index contributed by atoms with van der Waals surface area (Å²) in [4.78, 5) is 13.4. The first-order valence-electron chi connectivity index (χ1n) is 9.41. The molecular formula is C19H34N6. The number of aromatic nitrogens is 1. The van der Waals surface area contributed by atoms with E-state index in [2.05, 4.69) is 38.5 Å². The second-order valence-corrected chi connectivity index (χ2v) is 6.97. The number of likely N-dealkylation sites (tertiary alicyclic amines) is 1. The van der Waals surface area contributed by atoms with Gasteiger partial charge in [-0.05, 0) is 38.8 Å². The average molecular weight is 347 g/mol. The van der Waals surface area contributed by atoms with Crippen LogP contribution in [0.1, 0.15) is 38.2 Å². The number of guanidine groups is 1. The van der Waals surface area contributed by atoms with E-state index in [4.69, 9.17) is 0 Å². The van der Waals surface area contributed by atoms with Crippen LogP contribution < -0.4 is 15.5 Å². The van der Waals surface area contributed by atoms with Crippen LogP contribution in [0.25, 0.3) is 0 Å². The van der Waals surface area contributed by atoms with Crippen LogP contribution in [-0.2, 0) is 6.54 Å². The maximum atomic E-state index is 4.44. The van der Waals surface area contributed by atoms with Gasteiger partial charge in [0.25, 0.3) is 0 Å². The molecule has 1 saturated heterocycles. The van der Waals surface area contributed by atoms with Crippen molar-refractivity contribution in [3.05, 3.63) is 23.9 Å². The summed E-state index contributed by atoms with van der Waals surface area (Å²) in [5.74, 6) is 1.84. The number of aliphatic imine (C=N–C) groups is 1. The zero-order valence-corrected chi connectivity index (χ0v) is 16.3. The van der Waals surface area contributed by atoms with Crippen molar-refractivity contribution < 1.29 is 0 Å². The molecule has 1 aromatic rings. The molecule has 0 spiro atoms. The highest BCUT2D eigenvalue weighted by Crippen LogP contribution is 2.16. The molecule has 0 aliphatic carbocycles. The average Bonchev–Trinajstić information content (AvgIpc) is 2.62. The fraction of sp³-hybridized carbons (Fsp3) is 0.684. The van der Waals surface area contributed by atoms with Gasteiger partial charge in [-0.25, -0.2) is 4.98 Å². The highest BCUT2D eigenvalue weighted by molar-refractivity contribution is 5.79. The summed E-state index contributed by atoms with van der Waals surface area (Å²) in [6.07, 6.45) is 7.04. The maximum Gasteiger partial charge on any atom is 0.191 e. The molecule has 1 fully saturated rings. The molecule has 1 atom stereocenters. The lowest BCUT2D eigenvalue weighted by atomic mass is 10.0. The first-order chi connectivity index (χ1) is 12.1.